The van der Waals surface area contributed by atoms with E-state index in [1.54, 1.807) is 66.7 Å². The van der Waals surface area contributed by atoms with Gasteiger partial charge in [-0.15, -0.1) is 0 Å². The van der Waals surface area contributed by atoms with Crippen LogP contribution in [0.15, 0.2) is 96.2 Å². The summed E-state index contributed by atoms with van der Waals surface area (Å²) >= 11 is 5.84. The fourth-order valence-corrected chi connectivity index (χ4v) is 3.08. The molecule has 180 valence electrons. The second-order valence-electron chi connectivity index (χ2n) is 7.38. The van der Waals surface area contributed by atoms with Crippen molar-refractivity contribution in [1.82, 2.24) is 10.4 Å². The number of nitrogens with zero attached hydrogens (tertiary/aromatic N) is 2. The van der Waals surface area contributed by atoms with Crippen molar-refractivity contribution in [3.8, 4) is 17.2 Å². The smallest absolute Gasteiger partial charge is 0.323 e. The number of anilines is 2. The highest BCUT2D eigenvalue weighted by Gasteiger charge is 2.09. The molecule has 3 aromatic carbocycles. The van der Waals surface area contributed by atoms with E-state index in [-0.39, 0.29) is 11.4 Å². The number of pyridine rings is 1. The van der Waals surface area contributed by atoms with Crippen LogP contribution in [0.2, 0.25) is 5.02 Å². The molecular formula is C26H20ClN5O4. The van der Waals surface area contributed by atoms with E-state index in [0.717, 1.165) is 0 Å². The van der Waals surface area contributed by atoms with Crippen molar-refractivity contribution in [1.29, 1.82) is 0 Å². The molecule has 0 bridgehead atoms. The maximum absolute atomic E-state index is 12.4. The Hall–Kier alpha value is -4.89. The van der Waals surface area contributed by atoms with Crippen LogP contribution < -0.4 is 20.8 Å². The Morgan fingerprint density at radius 1 is 0.861 bits per heavy atom. The molecule has 1 heterocycles. The number of halogens is 1. The first kappa shape index (κ1) is 24.2. The van der Waals surface area contributed by atoms with Crippen molar-refractivity contribution in [3.05, 3.63) is 107 Å². The normalized spacial score (nSPS) is 10.6. The number of hydrogen-bond donors (Lipinski definition) is 4. The van der Waals surface area contributed by atoms with Crippen LogP contribution in [0.5, 0.6) is 17.2 Å². The van der Waals surface area contributed by atoms with Crippen LogP contribution >= 0.6 is 11.6 Å². The highest BCUT2D eigenvalue weighted by atomic mass is 35.5. The van der Waals surface area contributed by atoms with Gasteiger partial charge < -0.3 is 20.5 Å². The van der Waals surface area contributed by atoms with Gasteiger partial charge in [-0.25, -0.2) is 10.2 Å². The van der Waals surface area contributed by atoms with E-state index in [9.17, 15) is 14.7 Å². The third kappa shape index (κ3) is 7.05. The van der Waals surface area contributed by atoms with Crippen molar-refractivity contribution in [3.63, 3.8) is 0 Å². The van der Waals surface area contributed by atoms with Gasteiger partial charge in [-0.3, -0.25) is 9.78 Å². The lowest BCUT2D eigenvalue weighted by Crippen LogP contribution is -2.19. The monoisotopic (exact) mass is 501 g/mol. The van der Waals surface area contributed by atoms with Crippen molar-refractivity contribution in [2.45, 2.75) is 0 Å². The van der Waals surface area contributed by atoms with E-state index >= 15 is 0 Å². The summed E-state index contributed by atoms with van der Waals surface area (Å²) in [5, 5.41) is 19.2. The molecule has 4 N–H and O–H groups in total. The minimum absolute atomic E-state index is 0.118. The molecule has 4 rings (SSSR count). The molecular weight excluding hydrogens is 482 g/mol. The maximum atomic E-state index is 12.4. The summed E-state index contributed by atoms with van der Waals surface area (Å²) in [5.41, 5.74) is 4.40. The van der Waals surface area contributed by atoms with Gasteiger partial charge >= 0.3 is 6.03 Å². The second-order valence-corrected chi connectivity index (χ2v) is 7.82. The zero-order valence-corrected chi connectivity index (χ0v) is 19.4. The molecule has 36 heavy (non-hydrogen) atoms. The van der Waals surface area contributed by atoms with Crippen LogP contribution in [-0.2, 0) is 0 Å². The first-order chi connectivity index (χ1) is 17.4. The van der Waals surface area contributed by atoms with Crippen molar-refractivity contribution >= 4 is 41.1 Å². The summed E-state index contributed by atoms with van der Waals surface area (Å²) in [6, 6.07) is 22.5. The van der Waals surface area contributed by atoms with Gasteiger partial charge in [-0.1, -0.05) is 11.6 Å². The molecule has 3 amide bonds. The summed E-state index contributed by atoms with van der Waals surface area (Å²) in [6.45, 7) is 0. The zero-order valence-electron chi connectivity index (χ0n) is 18.7. The third-order valence-corrected chi connectivity index (χ3v) is 4.94. The summed E-state index contributed by atoms with van der Waals surface area (Å²) in [4.78, 5) is 28.6. The molecule has 0 aliphatic heterocycles. The Balaban J connectivity index is 1.31. The fraction of sp³-hybridized carbons (Fsp3) is 0. The van der Waals surface area contributed by atoms with Crippen LogP contribution in [0.1, 0.15) is 16.1 Å². The van der Waals surface area contributed by atoms with Gasteiger partial charge in [0.25, 0.3) is 5.91 Å². The Kier molecular flexibility index (Phi) is 7.74. The average molecular weight is 502 g/mol. The predicted molar refractivity (Wildman–Crippen MR) is 138 cm³/mol. The molecule has 0 unspecified atom stereocenters. The number of benzene rings is 3. The number of amides is 3. The zero-order chi connectivity index (χ0) is 25.3. The number of phenols is 1. The molecule has 0 radical (unpaired) electrons. The molecule has 0 saturated heterocycles. The van der Waals surface area contributed by atoms with E-state index < -0.39 is 11.9 Å². The van der Waals surface area contributed by atoms with Gasteiger partial charge in [-0.2, -0.15) is 5.10 Å². The lowest BCUT2D eigenvalue weighted by Gasteiger charge is -2.10. The van der Waals surface area contributed by atoms with Crippen molar-refractivity contribution in [2.75, 3.05) is 10.6 Å². The minimum Gasteiger partial charge on any atom is -0.508 e. The fourth-order valence-electron chi connectivity index (χ4n) is 2.95. The van der Waals surface area contributed by atoms with Gasteiger partial charge in [-0.05, 0) is 84.4 Å². The molecule has 0 atom stereocenters. The van der Waals surface area contributed by atoms with Crippen LogP contribution in [0, 0.1) is 0 Å². The number of rotatable bonds is 7. The number of hydrogen-bond acceptors (Lipinski definition) is 6. The standard InChI is InChI=1S/C26H20ClN5O4/c27-18-3-5-19(6-4-18)30-26(35)31-20-7-11-22(12-8-20)36-23-13-14-28-24(15-23)25(34)32-29-16-17-1-9-21(33)10-2-17/h1-16,33H,(H,32,34)(H2,30,31,35)/b29-16+. The second kappa shape index (κ2) is 11.5. The number of ether oxygens (including phenoxy) is 1. The maximum Gasteiger partial charge on any atom is 0.323 e. The Bertz CT molecular complexity index is 1380. The SMILES string of the molecule is O=C(Nc1ccc(Cl)cc1)Nc1ccc(Oc2ccnc(C(=O)N/N=C/c3ccc(O)cc3)c2)cc1. The van der Waals surface area contributed by atoms with Gasteiger partial charge in [0.15, 0.2) is 0 Å². The lowest BCUT2D eigenvalue weighted by atomic mass is 10.2. The molecule has 4 aromatic rings. The van der Waals surface area contributed by atoms with Crippen molar-refractivity contribution < 1.29 is 19.4 Å². The number of hydrazone groups is 1. The number of nitrogens with one attached hydrogen (secondary N) is 3. The number of carbonyl (C=O) groups excluding carboxylic acids is 2. The van der Waals surface area contributed by atoms with Gasteiger partial charge in [0.2, 0.25) is 0 Å². The average Bonchev–Trinajstić information content (AvgIpc) is 2.88. The van der Waals surface area contributed by atoms with Crippen LogP contribution in [-0.4, -0.2) is 28.2 Å². The largest absolute Gasteiger partial charge is 0.508 e. The van der Waals surface area contributed by atoms with Crippen molar-refractivity contribution in [2.24, 2.45) is 5.10 Å². The molecule has 1 aromatic heterocycles. The lowest BCUT2D eigenvalue weighted by molar-refractivity contribution is 0.0949. The van der Waals surface area contributed by atoms with Crippen LogP contribution in [0.4, 0.5) is 16.2 Å². The summed E-state index contributed by atoms with van der Waals surface area (Å²) in [5.74, 6) is 0.532. The van der Waals surface area contributed by atoms with E-state index in [1.165, 1.54) is 30.6 Å². The van der Waals surface area contributed by atoms with Gasteiger partial charge in [0.1, 0.15) is 22.9 Å². The van der Waals surface area contributed by atoms with Gasteiger partial charge in [0, 0.05) is 28.7 Å². The summed E-state index contributed by atoms with van der Waals surface area (Å²) < 4.78 is 5.80. The van der Waals surface area contributed by atoms with E-state index in [1.807, 2.05) is 0 Å². The topological polar surface area (TPSA) is 125 Å². The number of aromatic hydroxyl groups is 1. The molecule has 0 aliphatic carbocycles. The van der Waals surface area contributed by atoms with Gasteiger partial charge in [0.05, 0.1) is 6.21 Å². The molecule has 0 saturated carbocycles. The van der Waals surface area contributed by atoms with E-state index in [2.05, 4.69) is 26.1 Å². The number of phenolic OH excluding ortho intramolecular Hbond substituents is 1. The summed E-state index contributed by atoms with van der Waals surface area (Å²) in [6.07, 6.45) is 2.90. The van der Waals surface area contributed by atoms with Crippen LogP contribution in [0.25, 0.3) is 0 Å². The number of carbonyl (C=O) groups is 2. The first-order valence-electron chi connectivity index (χ1n) is 10.6. The first-order valence-corrected chi connectivity index (χ1v) is 11.0. The molecule has 9 nitrogen and oxygen atoms in total. The number of aromatic nitrogens is 1. The summed E-state index contributed by atoms with van der Waals surface area (Å²) in [7, 11) is 0. The molecule has 0 fully saturated rings. The Morgan fingerprint density at radius 2 is 1.50 bits per heavy atom. The van der Waals surface area contributed by atoms with E-state index in [4.69, 9.17) is 16.3 Å². The van der Waals surface area contributed by atoms with Crippen LogP contribution in [0.3, 0.4) is 0 Å². The highest BCUT2D eigenvalue weighted by molar-refractivity contribution is 6.30. The van der Waals surface area contributed by atoms with E-state index in [0.29, 0.717) is 33.5 Å². The predicted octanol–water partition coefficient (Wildman–Crippen LogP) is 5.64. The Morgan fingerprint density at radius 3 is 2.17 bits per heavy atom. The molecule has 10 heteroatoms. The number of urea groups is 1. The Labute approximate surface area is 211 Å². The third-order valence-electron chi connectivity index (χ3n) is 4.69. The quantitative estimate of drug-likeness (QED) is 0.192. The molecule has 0 spiro atoms. The highest BCUT2D eigenvalue weighted by Crippen LogP contribution is 2.23. The minimum atomic E-state index is -0.512. The molecule has 0 aliphatic rings.